The molecule has 0 radical (unpaired) electrons. The number of hydrogen-bond acceptors (Lipinski definition) is 3. The third-order valence-corrected chi connectivity index (χ3v) is 7.94. The van der Waals surface area contributed by atoms with Gasteiger partial charge in [0, 0.05) is 24.8 Å². The molecule has 1 fully saturated rings. The van der Waals surface area contributed by atoms with Crippen molar-refractivity contribution in [3.63, 3.8) is 0 Å². The zero-order chi connectivity index (χ0) is 21.7. The molecule has 3 aromatic rings. The number of hydrazone groups is 1. The van der Waals surface area contributed by atoms with E-state index < -0.39 is 5.72 Å². The topological polar surface area (TPSA) is 24.8 Å². The smallest absolute Gasteiger partial charge is 0.198 e. The van der Waals surface area contributed by atoms with Crippen molar-refractivity contribution in [2.24, 2.45) is 5.10 Å². The minimum Gasteiger partial charge on any atom is -0.466 e. The zero-order valence-electron chi connectivity index (χ0n) is 17.7. The van der Waals surface area contributed by atoms with Gasteiger partial charge in [0.25, 0.3) is 0 Å². The summed E-state index contributed by atoms with van der Waals surface area (Å²) >= 11 is 12.5. The van der Waals surface area contributed by atoms with E-state index in [2.05, 4.69) is 59.6 Å². The molecule has 1 spiro atoms. The van der Waals surface area contributed by atoms with Gasteiger partial charge in [0.2, 0.25) is 0 Å². The maximum absolute atomic E-state index is 6.76. The lowest BCUT2D eigenvalue weighted by Gasteiger charge is -2.50. The van der Waals surface area contributed by atoms with Crippen molar-refractivity contribution in [3.05, 3.63) is 99.5 Å². The first-order chi connectivity index (χ1) is 15.6. The molecule has 162 valence electrons. The van der Waals surface area contributed by atoms with Crippen LogP contribution in [-0.4, -0.2) is 16.4 Å². The van der Waals surface area contributed by atoms with Crippen molar-refractivity contribution in [3.8, 4) is 5.75 Å². The first-order valence-electron chi connectivity index (χ1n) is 11.3. The van der Waals surface area contributed by atoms with Gasteiger partial charge >= 0.3 is 0 Å². The standard InChI is InChI=1S/C27H24Cl2N2O/c28-22-11-10-20(16-23(22)29)24-17-25-21-8-4-5-9-26(21)32-27(31(25)30-24)14-12-19(13-15-27)18-6-2-1-3-7-18/h1-11,16,19,25H,12-15,17H2/t19?,25-,27?/m1/s1. The zero-order valence-corrected chi connectivity index (χ0v) is 19.2. The van der Waals surface area contributed by atoms with E-state index >= 15 is 0 Å². The molecule has 5 heteroatoms. The largest absolute Gasteiger partial charge is 0.466 e. The van der Waals surface area contributed by atoms with Crippen molar-refractivity contribution in [1.29, 1.82) is 0 Å². The summed E-state index contributed by atoms with van der Waals surface area (Å²) in [5.41, 5.74) is 4.30. The summed E-state index contributed by atoms with van der Waals surface area (Å²) in [6, 6.07) is 25.2. The molecule has 1 saturated carbocycles. The van der Waals surface area contributed by atoms with Gasteiger partial charge in [-0.3, -0.25) is 0 Å². The van der Waals surface area contributed by atoms with Gasteiger partial charge in [-0.25, -0.2) is 5.01 Å². The third-order valence-electron chi connectivity index (χ3n) is 7.20. The Morgan fingerprint density at radius 3 is 2.41 bits per heavy atom. The number of ether oxygens (including phenoxy) is 1. The Kier molecular flexibility index (Phi) is 4.93. The monoisotopic (exact) mass is 462 g/mol. The Hall–Kier alpha value is -2.49. The van der Waals surface area contributed by atoms with E-state index in [1.807, 2.05) is 18.2 Å². The van der Waals surface area contributed by atoms with Crippen molar-refractivity contribution >= 4 is 28.9 Å². The summed E-state index contributed by atoms with van der Waals surface area (Å²) in [5.74, 6) is 1.57. The van der Waals surface area contributed by atoms with Gasteiger partial charge in [0.15, 0.2) is 5.72 Å². The molecular formula is C27H24Cl2N2O. The van der Waals surface area contributed by atoms with E-state index in [4.69, 9.17) is 33.0 Å². The Balaban J connectivity index is 1.35. The Morgan fingerprint density at radius 2 is 1.62 bits per heavy atom. The van der Waals surface area contributed by atoms with Gasteiger partial charge in [0.05, 0.1) is 21.8 Å². The molecule has 6 rings (SSSR count). The first kappa shape index (κ1) is 20.1. The quantitative estimate of drug-likeness (QED) is 0.391. The van der Waals surface area contributed by atoms with Gasteiger partial charge in [-0.15, -0.1) is 0 Å². The Morgan fingerprint density at radius 1 is 0.875 bits per heavy atom. The molecule has 0 bridgehead atoms. The number of fused-ring (bicyclic) bond motifs is 4. The van der Waals surface area contributed by atoms with Gasteiger partial charge in [-0.1, -0.05) is 77.8 Å². The third kappa shape index (κ3) is 3.30. The fourth-order valence-corrected chi connectivity index (χ4v) is 5.84. The predicted molar refractivity (Wildman–Crippen MR) is 130 cm³/mol. The lowest BCUT2D eigenvalue weighted by molar-refractivity contribution is -0.142. The summed E-state index contributed by atoms with van der Waals surface area (Å²) in [5, 5.41) is 8.53. The molecule has 32 heavy (non-hydrogen) atoms. The second-order valence-corrected chi connectivity index (χ2v) is 9.83. The highest BCUT2D eigenvalue weighted by Crippen LogP contribution is 2.53. The molecule has 3 aliphatic rings. The van der Waals surface area contributed by atoms with Crippen molar-refractivity contribution < 1.29 is 4.74 Å². The van der Waals surface area contributed by atoms with Crippen LogP contribution < -0.4 is 4.74 Å². The summed E-state index contributed by atoms with van der Waals surface area (Å²) in [6.07, 6.45) is 4.92. The molecule has 0 amide bonds. The maximum Gasteiger partial charge on any atom is 0.198 e. The van der Waals surface area contributed by atoms with Crippen molar-refractivity contribution in [1.82, 2.24) is 5.01 Å². The lowest BCUT2D eigenvalue weighted by atomic mass is 9.78. The molecule has 0 unspecified atom stereocenters. The number of para-hydroxylation sites is 1. The van der Waals surface area contributed by atoms with Crippen molar-refractivity contribution in [2.75, 3.05) is 0 Å². The maximum atomic E-state index is 6.76. The number of nitrogens with zero attached hydrogens (tertiary/aromatic N) is 2. The van der Waals surface area contributed by atoms with E-state index in [9.17, 15) is 0 Å². The second-order valence-electron chi connectivity index (χ2n) is 9.01. The van der Waals surface area contributed by atoms with Crippen LogP contribution in [0.5, 0.6) is 5.75 Å². The summed E-state index contributed by atoms with van der Waals surface area (Å²) < 4.78 is 6.76. The second kappa shape index (κ2) is 7.83. The summed E-state index contributed by atoms with van der Waals surface area (Å²) in [7, 11) is 0. The molecule has 1 aliphatic carbocycles. The average Bonchev–Trinajstić information content (AvgIpc) is 3.29. The molecule has 3 aromatic carbocycles. The van der Waals surface area contributed by atoms with Crippen LogP contribution in [-0.2, 0) is 0 Å². The van der Waals surface area contributed by atoms with Crippen LogP contribution in [0.4, 0.5) is 0 Å². The predicted octanol–water partition coefficient (Wildman–Crippen LogP) is 7.59. The lowest BCUT2D eigenvalue weighted by Crippen LogP contribution is -2.55. The van der Waals surface area contributed by atoms with E-state index in [1.165, 1.54) is 11.1 Å². The van der Waals surface area contributed by atoms with E-state index in [1.54, 1.807) is 0 Å². The normalized spacial score (nSPS) is 26.3. The van der Waals surface area contributed by atoms with Gasteiger partial charge < -0.3 is 4.74 Å². The Labute approximate surface area is 198 Å². The molecule has 2 aliphatic heterocycles. The first-order valence-corrected chi connectivity index (χ1v) is 12.0. The van der Waals surface area contributed by atoms with Gasteiger partial charge in [-0.05, 0) is 48.1 Å². The van der Waals surface area contributed by atoms with Crippen molar-refractivity contribution in [2.45, 2.75) is 49.8 Å². The van der Waals surface area contributed by atoms with Crippen LogP contribution in [0, 0.1) is 0 Å². The average molecular weight is 463 g/mol. The Bertz CT molecular complexity index is 1190. The summed E-state index contributed by atoms with van der Waals surface area (Å²) in [4.78, 5) is 0. The molecule has 2 heterocycles. The highest BCUT2D eigenvalue weighted by molar-refractivity contribution is 6.42. The summed E-state index contributed by atoms with van der Waals surface area (Å²) in [6.45, 7) is 0. The van der Waals surface area contributed by atoms with Crippen LogP contribution in [0.3, 0.4) is 0 Å². The highest BCUT2D eigenvalue weighted by atomic mass is 35.5. The minimum absolute atomic E-state index is 0.178. The van der Waals surface area contributed by atoms with E-state index in [-0.39, 0.29) is 6.04 Å². The molecule has 1 atom stereocenters. The van der Waals surface area contributed by atoms with Gasteiger partial charge in [0.1, 0.15) is 5.75 Å². The number of benzene rings is 3. The van der Waals surface area contributed by atoms with Crippen LogP contribution in [0.15, 0.2) is 77.9 Å². The fraction of sp³-hybridized carbons (Fsp3) is 0.296. The molecule has 0 saturated heterocycles. The van der Waals surface area contributed by atoms with Crippen LogP contribution >= 0.6 is 23.2 Å². The highest BCUT2D eigenvalue weighted by Gasteiger charge is 2.52. The number of hydrogen-bond donors (Lipinski definition) is 0. The number of halogens is 2. The number of rotatable bonds is 2. The SMILES string of the molecule is Clc1ccc(C2=NN3[C@H](C2)c2ccccc2OC32CCC(c3ccccc3)CC2)cc1Cl. The van der Waals surface area contributed by atoms with E-state index in [0.717, 1.165) is 49.1 Å². The van der Waals surface area contributed by atoms with Crippen LogP contribution in [0.2, 0.25) is 10.0 Å². The van der Waals surface area contributed by atoms with Gasteiger partial charge in [-0.2, -0.15) is 5.10 Å². The molecule has 3 nitrogen and oxygen atoms in total. The molecule has 0 N–H and O–H groups in total. The van der Waals surface area contributed by atoms with Crippen LogP contribution in [0.25, 0.3) is 0 Å². The molecular weight excluding hydrogens is 439 g/mol. The molecule has 0 aromatic heterocycles. The fourth-order valence-electron chi connectivity index (χ4n) is 5.54. The van der Waals surface area contributed by atoms with Crippen LogP contribution in [0.1, 0.15) is 60.8 Å². The minimum atomic E-state index is -0.401. The van der Waals surface area contributed by atoms with E-state index in [0.29, 0.717) is 16.0 Å².